The van der Waals surface area contributed by atoms with E-state index in [4.69, 9.17) is 9.47 Å². The number of rotatable bonds is 5. The molecule has 2 heterocycles. The highest BCUT2D eigenvalue weighted by molar-refractivity contribution is 7.20. The fourth-order valence-corrected chi connectivity index (χ4v) is 3.37. The van der Waals surface area contributed by atoms with Crippen molar-refractivity contribution in [3.63, 3.8) is 0 Å². The maximum absolute atomic E-state index is 12.1. The Labute approximate surface area is 142 Å². The third-order valence-corrected chi connectivity index (χ3v) is 4.46. The molecule has 0 aliphatic rings. The summed E-state index contributed by atoms with van der Waals surface area (Å²) in [6.07, 6.45) is 0. The van der Waals surface area contributed by atoms with Crippen molar-refractivity contribution in [2.75, 3.05) is 13.2 Å². The summed E-state index contributed by atoms with van der Waals surface area (Å²) in [5.41, 5.74) is 1.75. The standard InChI is InChI=1S/C17H16N2O4S/c1-3-22-15(20)10-23-17(21)14-9-13-11(2)18-19(16(13)24-14)12-7-5-4-6-8-12/h4-9H,3,10H2,1-2H3. The molecule has 2 aromatic heterocycles. The van der Waals surface area contributed by atoms with E-state index in [-0.39, 0.29) is 13.2 Å². The van der Waals surface area contributed by atoms with Crippen LogP contribution in [0.4, 0.5) is 0 Å². The zero-order valence-electron chi connectivity index (χ0n) is 13.3. The molecule has 3 aromatic rings. The summed E-state index contributed by atoms with van der Waals surface area (Å²) in [5.74, 6) is -1.10. The van der Waals surface area contributed by atoms with Gasteiger partial charge in [0.15, 0.2) is 6.61 Å². The van der Waals surface area contributed by atoms with Crippen LogP contribution in [0.25, 0.3) is 15.9 Å². The minimum Gasteiger partial charge on any atom is -0.463 e. The molecule has 24 heavy (non-hydrogen) atoms. The first kappa shape index (κ1) is 16.2. The van der Waals surface area contributed by atoms with Gasteiger partial charge < -0.3 is 9.47 Å². The van der Waals surface area contributed by atoms with E-state index < -0.39 is 11.9 Å². The van der Waals surface area contributed by atoms with E-state index in [0.29, 0.717) is 4.88 Å². The van der Waals surface area contributed by atoms with Crippen molar-refractivity contribution in [2.24, 2.45) is 0 Å². The number of thiophene rings is 1. The maximum Gasteiger partial charge on any atom is 0.348 e. The van der Waals surface area contributed by atoms with Gasteiger partial charge in [-0.15, -0.1) is 11.3 Å². The molecular weight excluding hydrogens is 328 g/mol. The minimum absolute atomic E-state index is 0.255. The number of aromatic nitrogens is 2. The van der Waals surface area contributed by atoms with Crippen LogP contribution in [0.3, 0.4) is 0 Å². The van der Waals surface area contributed by atoms with Gasteiger partial charge in [-0.05, 0) is 32.0 Å². The first-order chi connectivity index (χ1) is 11.6. The SMILES string of the molecule is CCOC(=O)COC(=O)c1cc2c(C)nn(-c3ccccc3)c2s1. The largest absolute Gasteiger partial charge is 0.463 e. The average molecular weight is 344 g/mol. The predicted molar refractivity (Wildman–Crippen MR) is 90.6 cm³/mol. The predicted octanol–water partition coefficient (Wildman–Crippen LogP) is 3.12. The highest BCUT2D eigenvalue weighted by Crippen LogP contribution is 2.30. The third kappa shape index (κ3) is 3.16. The van der Waals surface area contributed by atoms with Crippen LogP contribution >= 0.6 is 11.3 Å². The molecule has 0 fully saturated rings. The minimum atomic E-state index is -0.557. The Bertz CT molecular complexity index is 883. The van der Waals surface area contributed by atoms with E-state index in [0.717, 1.165) is 21.6 Å². The molecule has 7 heteroatoms. The van der Waals surface area contributed by atoms with Gasteiger partial charge in [0.2, 0.25) is 0 Å². The highest BCUT2D eigenvalue weighted by atomic mass is 32.1. The number of esters is 2. The lowest BCUT2D eigenvalue weighted by atomic mass is 10.3. The molecule has 0 saturated heterocycles. The summed E-state index contributed by atoms with van der Waals surface area (Å²) in [6, 6.07) is 11.4. The molecule has 0 saturated carbocycles. The Kier molecular flexibility index (Phi) is 4.61. The molecule has 0 amide bonds. The van der Waals surface area contributed by atoms with Crippen LogP contribution in [0, 0.1) is 6.92 Å². The number of hydrogen-bond acceptors (Lipinski definition) is 6. The monoisotopic (exact) mass is 344 g/mol. The Balaban J connectivity index is 1.86. The van der Waals surface area contributed by atoms with Crippen LogP contribution in [0.15, 0.2) is 36.4 Å². The molecule has 0 unspecified atom stereocenters. The molecule has 0 aliphatic carbocycles. The molecular formula is C17H16N2O4S. The summed E-state index contributed by atoms with van der Waals surface area (Å²) >= 11 is 1.29. The van der Waals surface area contributed by atoms with Gasteiger partial charge in [0.05, 0.1) is 18.0 Å². The molecule has 0 aliphatic heterocycles. The van der Waals surface area contributed by atoms with Crippen LogP contribution in [0.5, 0.6) is 0 Å². The van der Waals surface area contributed by atoms with Crippen molar-refractivity contribution in [3.05, 3.63) is 47.0 Å². The van der Waals surface area contributed by atoms with Crippen LogP contribution in [-0.2, 0) is 14.3 Å². The summed E-state index contributed by atoms with van der Waals surface area (Å²) in [6.45, 7) is 3.46. The van der Waals surface area contributed by atoms with Crippen LogP contribution in [-0.4, -0.2) is 34.9 Å². The quantitative estimate of drug-likeness (QED) is 0.665. The van der Waals surface area contributed by atoms with Crippen molar-refractivity contribution in [1.29, 1.82) is 0 Å². The van der Waals surface area contributed by atoms with Gasteiger partial charge in [-0.2, -0.15) is 5.10 Å². The molecule has 0 atom stereocenters. The number of para-hydroxylation sites is 1. The van der Waals surface area contributed by atoms with Crippen LogP contribution in [0.1, 0.15) is 22.3 Å². The van der Waals surface area contributed by atoms with Gasteiger partial charge in [-0.3, -0.25) is 0 Å². The molecule has 0 radical (unpaired) electrons. The zero-order valence-corrected chi connectivity index (χ0v) is 14.1. The smallest absolute Gasteiger partial charge is 0.348 e. The number of fused-ring (bicyclic) bond motifs is 1. The van der Waals surface area contributed by atoms with Crippen LogP contribution < -0.4 is 0 Å². The maximum atomic E-state index is 12.1. The summed E-state index contributed by atoms with van der Waals surface area (Å²) in [4.78, 5) is 24.7. The summed E-state index contributed by atoms with van der Waals surface area (Å²) < 4.78 is 11.5. The van der Waals surface area contributed by atoms with Gasteiger partial charge in [0.25, 0.3) is 0 Å². The van der Waals surface area contributed by atoms with Crippen molar-refractivity contribution in [2.45, 2.75) is 13.8 Å². The zero-order chi connectivity index (χ0) is 17.1. The fraction of sp³-hybridized carbons (Fsp3) is 0.235. The Morgan fingerprint density at radius 1 is 1.21 bits per heavy atom. The Morgan fingerprint density at radius 3 is 2.67 bits per heavy atom. The van der Waals surface area contributed by atoms with Crippen molar-refractivity contribution < 1.29 is 19.1 Å². The Hall–Kier alpha value is -2.67. The lowest BCUT2D eigenvalue weighted by molar-refractivity contribution is -0.146. The number of benzene rings is 1. The summed E-state index contributed by atoms with van der Waals surface area (Å²) in [5, 5.41) is 5.42. The molecule has 0 bridgehead atoms. The lowest BCUT2D eigenvalue weighted by Crippen LogP contribution is -2.15. The van der Waals surface area contributed by atoms with Gasteiger partial charge in [0, 0.05) is 5.39 Å². The number of ether oxygens (including phenoxy) is 2. The normalized spacial score (nSPS) is 10.8. The molecule has 0 spiro atoms. The third-order valence-electron chi connectivity index (χ3n) is 3.37. The van der Waals surface area contributed by atoms with E-state index in [2.05, 4.69) is 5.10 Å². The molecule has 3 rings (SSSR count). The number of carbonyl (C=O) groups is 2. The first-order valence-corrected chi connectivity index (χ1v) is 8.29. The number of aryl methyl sites for hydroxylation is 1. The second-order valence-electron chi connectivity index (χ2n) is 5.04. The molecule has 0 N–H and O–H groups in total. The van der Waals surface area contributed by atoms with E-state index in [1.54, 1.807) is 17.7 Å². The van der Waals surface area contributed by atoms with Gasteiger partial charge in [-0.25, -0.2) is 14.3 Å². The van der Waals surface area contributed by atoms with Gasteiger partial charge >= 0.3 is 11.9 Å². The van der Waals surface area contributed by atoms with Crippen molar-refractivity contribution in [1.82, 2.24) is 9.78 Å². The van der Waals surface area contributed by atoms with Crippen molar-refractivity contribution in [3.8, 4) is 5.69 Å². The second kappa shape index (κ2) is 6.84. The van der Waals surface area contributed by atoms with Gasteiger partial charge in [0.1, 0.15) is 9.71 Å². The topological polar surface area (TPSA) is 70.4 Å². The Morgan fingerprint density at radius 2 is 1.96 bits per heavy atom. The molecule has 124 valence electrons. The van der Waals surface area contributed by atoms with E-state index in [1.807, 2.05) is 37.3 Å². The average Bonchev–Trinajstić information content (AvgIpc) is 3.15. The molecule has 1 aromatic carbocycles. The number of hydrogen-bond donors (Lipinski definition) is 0. The van der Waals surface area contributed by atoms with Crippen molar-refractivity contribution >= 4 is 33.5 Å². The van der Waals surface area contributed by atoms with Gasteiger partial charge in [-0.1, -0.05) is 18.2 Å². The van der Waals surface area contributed by atoms with E-state index in [1.165, 1.54) is 11.3 Å². The molecule has 6 nitrogen and oxygen atoms in total. The van der Waals surface area contributed by atoms with Crippen LogP contribution in [0.2, 0.25) is 0 Å². The highest BCUT2D eigenvalue weighted by Gasteiger charge is 2.19. The lowest BCUT2D eigenvalue weighted by Gasteiger charge is -2.03. The number of carbonyl (C=O) groups excluding carboxylic acids is 2. The fourth-order valence-electron chi connectivity index (χ4n) is 2.29. The first-order valence-electron chi connectivity index (χ1n) is 7.47. The summed E-state index contributed by atoms with van der Waals surface area (Å²) in [7, 11) is 0. The van der Waals surface area contributed by atoms with E-state index in [9.17, 15) is 9.59 Å². The van der Waals surface area contributed by atoms with E-state index >= 15 is 0 Å². The number of nitrogens with zero attached hydrogens (tertiary/aromatic N) is 2. The second-order valence-corrected chi connectivity index (χ2v) is 6.07.